The Labute approximate surface area is 217 Å². The SMILES string of the molecule is Cc1cc(C(C)(C)C)c(N2CCN(c3c(C(C)(C)C)cc(C)cc3C(C)(C)C)C2)c(C(C)(C)C)c1. The molecule has 0 bridgehead atoms. The van der Waals surface area contributed by atoms with Crippen LogP contribution in [0.2, 0.25) is 0 Å². The Kier molecular flexibility index (Phi) is 6.99. The first kappa shape index (κ1) is 27.6. The van der Waals surface area contributed by atoms with Gasteiger partial charge < -0.3 is 9.80 Å². The zero-order valence-corrected chi connectivity index (χ0v) is 25.3. The van der Waals surface area contributed by atoms with Crippen LogP contribution in [-0.2, 0) is 21.7 Å². The number of anilines is 2. The lowest BCUT2D eigenvalue weighted by Crippen LogP contribution is -2.33. The standard InChI is InChI=1S/C33H52N2/c1-22-17-24(30(3,4)5)28(25(18-22)31(6,7)8)34-15-16-35(21-34)29-26(32(9,10)11)19-23(2)20-27(29)33(12,13)14/h17-20H,15-16,21H2,1-14H3. The molecular formula is C33H52N2. The van der Waals surface area contributed by atoms with Crippen molar-refractivity contribution in [1.29, 1.82) is 0 Å². The van der Waals surface area contributed by atoms with Crippen LogP contribution in [0.1, 0.15) is 116 Å². The lowest BCUT2D eigenvalue weighted by atomic mass is 9.77. The van der Waals surface area contributed by atoms with Gasteiger partial charge in [-0.1, -0.05) is 118 Å². The van der Waals surface area contributed by atoms with Gasteiger partial charge in [0.2, 0.25) is 0 Å². The van der Waals surface area contributed by atoms with Crippen LogP contribution in [0.3, 0.4) is 0 Å². The van der Waals surface area contributed by atoms with Gasteiger partial charge in [0.05, 0.1) is 6.67 Å². The van der Waals surface area contributed by atoms with E-state index in [-0.39, 0.29) is 21.7 Å². The maximum absolute atomic E-state index is 2.67. The fourth-order valence-corrected chi connectivity index (χ4v) is 5.48. The van der Waals surface area contributed by atoms with Crippen molar-refractivity contribution < 1.29 is 0 Å². The number of hydrogen-bond acceptors (Lipinski definition) is 2. The van der Waals surface area contributed by atoms with E-state index >= 15 is 0 Å². The second-order valence-corrected chi connectivity index (χ2v) is 15.1. The van der Waals surface area contributed by atoms with Crippen molar-refractivity contribution in [3.63, 3.8) is 0 Å². The lowest BCUT2D eigenvalue weighted by molar-refractivity contribution is 0.563. The van der Waals surface area contributed by atoms with Crippen LogP contribution >= 0.6 is 0 Å². The topological polar surface area (TPSA) is 6.48 Å². The van der Waals surface area contributed by atoms with Crippen LogP contribution in [0, 0.1) is 13.8 Å². The molecule has 0 saturated carbocycles. The molecular weight excluding hydrogens is 424 g/mol. The molecule has 1 heterocycles. The van der Waals surface area contributed by atoms with E-state index in [1.54, 1.807) is 0 Å². The predicted octanol–water partition coefficient (Wildman–Crippen LogP) is 8.78. The minimum absolute atomic E-state index is 0.0891. The molecule has 0 atom stereocenters. The fourth-order valence-electron chi connectivity index (χ4n) is 5.48. The molecule has 35 heavy (non-hydrogen) atoms. The Morgan fingerprint density at radius 2 is 0.686 bits per heavy atom. The minimum atomic E-state index is 0.0891. The number of nitrogens with zero attached hydrogens (tertiary/aromatic N) is 2. The molecule has 3 rings (SSSR count). The second kappa shape index (κ2) is 8.86. The normalized spacial score (nSPS) is 15.8. The highest BCUT2D eigenvalue weighted by molar-refractivity contribution is 5.70. The zero-order valence-electron chi connectivity index (χ0n) is 25.3. The van der Waals surface area contributed by atoms with E-state index in [1.807, 2.05) is 0 Å². The fraction of sp³-hybridized carbons (Fsp3) is 0.636. The Morgan fingerprint density at radius 3 is 0.886 bits per heavy atom. The summed E-state index contributed by atoms with van der Waals surface area (Å²) in [5, 5.41) is 0. The summed E-state index contributed by atoms with van der Waals surface area (Å²) in [6.07, 6.45) is 0. The molecule has 2 aromatic rings. The van der Waals surface area contributed by atoms with Crippen LogP contribution in [0.25, 0.3) is 0 Å². The van der Waals surface area contributed by atoms with Crippen LogP contribution in [0.4, 0.5) is 11.4 Å². The molecule has 0 aromatic heterocycles. The largest absolute Gasteiger partial charge is 0.352 e. The van der Waals surface area contributed by atoms with Crippen molar-refractivity contribution in [3.05, 3.63) is 57.6 Å². The van der Waals surface area contributed by atoms with Gasteiger partial charge in [-0.2, -0.15) is 0 Å². The second-order valence-electron chi connectivity index (χ2n) is 15.1. The van der Waals surface area contributed by atoms with Crippen molar-refractivity contribution in [2.45, 2.75) is 119 Å². The highest BCUT2D eigenvalue weighted by Gasteiger charge is 2.35. The molecule has 0 N–H and O–H groups in total. The van der Waals surface area contributed by atoms with Crippen LogP contribution < -0.4 is 9.80 Å². The van der Waals surface area contributed by atoms with Crippen molar-refractivity contribution in [2.75, 3.05) is 29.6 Å². The van der Waals surface area contributed by atoms with Gasteiger partial charge in [-0.25, -0.2) is 0 Å². The molecule has 2 heteroatoms. The molecule has 2 nitrogen and oxygen atoms in total. The van der Waals surface area contributed by atoms with Gasteiger partial charge in [0.1, 0.15) is 0 Å². The molecule has 0 radical (unpaired) electrons. The first-order valence-electron chi connectivity index (χ1n) is 13.5. The van der Waals surface area contributed by atoms with Crippen molar-refractivity contribution in [3.8, 4) is 0 Å². The summed E-state index contributed by atoms with van der Waals surface area (Å²) >= 11 is 0. The summed E-state index contributed by atoms with van der Waals surface area (Å²) in [6, 6.07) is 9.72. The Morgan fingerprint density at radius 1 is 0.457 bits per heavy atom. The van der Waals surface area contributed by atoms with E-state index in [1.165, 1.54) is 44.8 Å². The lowest BCUT2D eigenvalue weighted by Gasteiger charge is -2.37. The van der Waals surface area contributed by atoms with E-state index in [4.69, 9.17) is 0 Å². The summed E-state index contributed by atoms with van der Waals surface area (Å²) in [6.45, 7) is 35.9. The average molecular weight is 477 g/mol. The van der Waals surface area contributed by atoms with Gasteiger partial charge in [0, 0.05) is 24.5 Å². The minimum Gasteiger partial charge on any atom is -0.352 e. The van der Waals surface area contributed by atoms with Crippen LogP contribution in [-0.4, -0.2) is 19.8 Å². The molecule has 0 amide bonds. The van der Waals surface area contributed by atoms with Gasteiger partial charge in [0.15, 0.2) is 0 Å². The van der Waals surface area contributed by atoms with E-state index < -0.39 is 0 Å². The number of benzene rings is 2. The van der Waals surface area contributed by atoms with Crippen molar-refractivity contribution in [2.24, 2.45) is 0 Å². The summed E-state index contributed by atoms with van der Waals surface area (Å²) in [5.74, 6) is 0. The summed E-state index contributed by atoms with van der Waals surface area (Å²) < 4.78 is 0. The van der Waals surface area contributed by atoms with Gasteiger partial charge in [-0.3, -0.25) is 0 Å². The predicted molar refractivity (Wildman–Crippen MR) is 157 cm³/mol. The first-order valence-corrected chi connectivity index (χ1v) is 13.5. The maximum atomic E-state index is 2.67. The third-order valence-corrected chi connectivity index (χ3v) is 7.35. The Hall–Kier alpha value is -1.96. The maximum Gasteiger partial charge on any atom is 0.0904 e. The number of hydrogen-bond donors (Lipinski definition) is 0. The Bertz CT molecular complexity index is 921. The van der Waals surface area contributed by atoms with Crippen LogP contribution in [0.5, 0.6) is 0 Å². The highest BCUT2D eigenvalue weighted by atomic mass is 15.4. The Balaban J connectivity index is 2.20. The monoisotopic (exact) mass is 476 g/mol. The van der Waals surface area contributed by atoms with Gasteiger partial charge in [0.25, 0.3) is 0 Å². The number of aryl methyl sites for hydroxylation is 2. The molecule has 0 unspecified atom stereocenters. The first-order chi connectivity index (χ1) is 15.7. The summed E-state index contributed by atoms with van der Waals surface area (Å²) in [7, 11) is 0. The van der Waals surface area contributed by atoms with Gasteiger partial charge in [-0.15, -0.1) is 0 Å². The quantitative estimate of drug-likeness (QED) is 0.427. The van der Waals surface area contributed by atoms with Gasteiger partial charge >= 0.3 is 0 Å². The van der Waals surface area contributed by atoms with E-state index in [2.05, 4.69) is 131 Å². The highest BCUT2D eigenvalue weighted by Crippen LogP contribution is 2.45. The third-order valence-electron chi connectivity index (χ3n) is 7.35. The summed E-state index contributed by atoms with van der Waals surface area (Å²) in [4.78, 5) is 5.33. The zero-order chi connectivity index (χ0) is 26.7. The van der Waals surface area contributed by atoms with Gasteiger partial charge in [-0.05, 0) is 57.8 Å². The molecule has 1 aliphatic rings. The van der Waals surface area contributed by atoms with E-state index in [0.29, 0.717) is 0 Å². The molecule has 0 spiro atoms. The number of rotatable bonds is 2. The molecule has 0 aliphatic carbocycles. The smallest absolute Gasteiger partial charge is 0.0904 e. The molecule has 1 aliphatic heterocycles. The molecule has 1 saturated heterocycles. The average Bonchev–Trinajstić information content (AvgIpc) is 3.13. The van der Waals surface area contributed by atoms with E-state index in [9.17, 15) is 0 Å². The van der Waals surface area contributed by atoms with Crippen molar-refractivity contribution >= 4 is 11.4 Å². The molecule has 1 fully saturated rings. The molecule has 2 aromatic carbocycles. The molecule has 194 valence electrons. The summed E-state index contributed by atoms with van der Waals surface area (Å²) in [5.41, 5.74) is 11.9. The van der Waals surface area contributed by atoms with Crippen molar-refractivity contribution in [1.82, 2.24) is 0 Å². The van der Waals surface area contributed by atoms with Crippen LogP contribution in [0.15, 0.2) is 24.3 Å². The van der Waals surface area contributed by atoms with E-state index in [0.717, 1.165) is 19.8 Å². The third kappa shape index (κ3) is 5.73.